The van der Waals surface area contributed by atoms with Crippen molar-refractivity contribution in [3.63, 3.8) is 0 Å². The minimum absolute atomic E-state index is 0.211. The molecular weight excluding hydrogens is 286 g/mol. The fourth-order valence-corrected chi connectivity index (χ4v) is 2.01. The van der Waals surface area contributed by atoms with Crippen LogP contribution in [0.3, 0.4) is 0 Å². The standard InChI is InChI=1S/C16H20ClN3O/c1-9-6-7-12(11(17)8-9)21-14-10(2)13(18)19-15(20-14)16(3,4)5/h6-8H,1-5H3,(H2,18,19,20). The number of hydrogen-bond donors (Lipinski definition) is 1. The van der Waals surface area contributed by atoms with Crippen LogP contribution in [-0.2, 0) is 5.41 Å². The lowest BCUT2D eigenvalue weighted by molar-refractivity contribution is 0.443. The molecule has 0 aliphatic carbocycles. The van der Waals surface area contributed by atoms with Crippen molar-refractivity contribution in [1.82, 2.24) is 9.97 Å². The zero-order valence-corrected chi connectivity index (χ0v) is 13.7. The quantitative estimate of drug-likeness (QED) is 0.892. The number of aryl methyl sites for hydroxylation is 1. The van der Waals surface area contributed by atoms with Crippen molar-refractivity contribution in [2.24, 2.45) is 0 Å². The van der Waals surface area contributed by atoms with Gasteiger partial charge < -0.3 is 10.5 Å². The van der Waals surface area contributed by atoms with Crippen molar-refractivity contribution in [2.45, 2.75) is 40.0 Å². The van der Waals surface area contributed by atoms with E-state index in [1.807, 2.05) is 52.8 Å². The maximum Gasteiger partial charge on any atom is 0.227 e. The van der Waals surface area contributed by atoms with Crippen LogP contribution in [0.25, 0.3) is 0 Å². The Morgan fingerprint density at radius 3 is 2.38 bits per heavy atom. The first-order valence-electron chi connectivity index (χ1n) is 6.77. The summed E-state index contributed by atoms with van der Waals surface area (Å²) in [6.07, 6.45) is 0. The average molecular weight is 306 g/mol. The number of hydrogen-bond acceptors (Lipinski definition) is 4. The van der Waals surface area contributed by atoms with Crippen LogP contribution in [0, 0.1) is 13.8 Å². The molecule has 0 saturated carbocycles. The molecule has 4 nitrogen and oxygen atoms in total. The molecule has 2 rings (SSSR count). The minimum atomic E-state index is -0.211. The Balaban J connectivity index is 2.46. The summed E-state index contributed by atoms with van der Waals surface area (Å²) < 4.78 is 5.85. The van der Waals surface area contributed by atoms with E-state index in [-0.39, 0.29) is 5.41 Å². The number of halogens is 1. The molecule has 0 aliphatic rings. The molecule has 2 N–H and O–H groups in total. The highest BCUT2D eigenvalue weighted by atomic mass is 35.5. The van der Waals surface area contributed by atoms with Gasteiger partial charge in [-0.2, -0.15) is 4.98 Å². The van der Waals surface area contributed by atoms with Crippen molar-refractivity contribution in [2.75, 3.05) is 5.73 Å². The second-order valence-electron chi connectivity index (χ2n) is 6.15. The Morgan fingerprint density at radius 2 is 1.81 bits per heavy atom. The molecule has 0 atom stereocenters. The second-order valence-corrected chi connectivity index (χ2v) is 6.56. The molecule has 112 valence electrons. The molecule has 0 amide bonds. The minimum Gasteiger partial charge on any atom is -0.437 e. The Morgan fingerprint density at radius 1 is 1.14 bits per heavy atom. The zero-order chi connectivity index (χ0) is 15.8. The van der Waals surface area contributed by atoms with Gasteiger partial charge >= 0.3 is 0 Å². The van der Waals surface area contributed by atoms with Crippen LogP contribution in [0.2, 0.25) is 5.02 Å². The van der Waals surface area contributed by atoms with E-state index in [2.05, 4.69) is 9.97 Å². The highest BCUT2D eigenvalue weighted by Gasteiger charge is 2.21. The largest absolute Gasteiger partial charge is 0.437 e. The van der Waals surface area contributed by atoms with Crippen LogP contribution in [0.15, 0.2) is 18.2 Å². The molecule has 0 saturated heterocycles. The molecule has 0 unspecified atom stereocenters. The number of aromatic nitrogens is 2. The van der Waals surface area contributed by atoms with Gasteiger partial charge in [-0.1, -0.05) is 38.4 Å². The van der Waals surface area contributed by atoms with Gasteiger partial charge in [0.05, 0.1) is 10.6 Å². The highest BCUT2D eigenvalue weighted by molar-refractivity contribution is 6.32. The summed E-state index contributed by atoms with van der Waals surface area (Å²) in [4.78, 5) is 8.83. The Bertz CT molecular complexity index is 678. The molecule has 0 spiro atoms. The van der Waals surface area contributed by atoms with Gasteiger partial charge in [0, 0.05) is 5.41 Å². The highest BCUT2D eigenvalue weighted by Crippen LogP contribution is 2.33. The van der Waals surface area contributed by atoms with Crippen molar-refractivity contribution < 1.29 is 4.74 Å². The van der Waals surface area contributed by atoms with Gasteiger partial charge in [0.25, 0.3) is 0 Å². The SMILES string of the molecule is Cc1ccc(Oc2nc(C(C)(C)C)nc(N)c2C)c(Cl)c1. The van der Waals surface area contributed by atoms with E-state index < -0.39 is 0 Å². The third-order valence-corrected chi connectivity index (χ3v) is 3.40. The summed E-state index contributed by atoms with van der Waals surface area (Å²) in [6.45, 7) is 9.89. The lowest BCUT2D eigenvalue weighted by Crippen LogP contribution is -2.18. The number of nitrogens with zero attached hydrogens (tertiary/aromatic N) is 2. The number of nitrogens with two attached hydrogens (primary N) is 1. The molecule has 2 aromatic rings. The van der Waals surface area contributed by atoms with E-state index >= 15 is 0 Å². The third-order valence-electron chi connectivity index (χ3n) is 3.10. The first-order chi connectivity index (χ1) is 9.68. The van der Waals surface area contributed by atoms with Gasteiger partial charge in [-0.25, -0.2) is 4.98 Å². The lowest BCUT2D eigenvalue weighted by atomic mass is 9.95. The monoisotopic (exact) mass is 305 g/mol. The molecule has 0 aliphatic heterocycles. The van der Waals surface area contributed by atoms with Gasteiger partial charge in [0.2, 0.25) is 5.88 Å². The summed E-state index contributed by atoms with van der Waals surface area (Å²) in [5, 5.41) is 0.545. The van der Waals surface area contributed by atoms with Crippen molar-refractivity contribution >= 4 is 17.4 Å². The van der Waals surface area contributed by atoms with Crippen molar-refractivity contribution in [3.05, 3.63) is 40.2 Å². The maximum atomic E-state index is 6.20. The molecule has 0 fully saturated rings. The molecule has 5 heteroatoms. The summed E-state index contributed by atoms with van der Waals surface area (Å²) in [5.41, 5.74) is 7.54. The fourth-order valence-electron chi connectivity index (χ4n) is 1.74. The number of nitrogen functional groups attached to an aromatic ring is 1. The Kier molecular flexibility index (Phi) is 4.10. The lowest BCUT2D eigenvalue weighted by Gasteiger charge is -2.19. The van der Waals surface area contributed by atoms with Crippen LogP contribution in [0.5, 0.6) is 11.6 Å². The molecule has 0 radical (unpaired) electrons. The smallest absolute Gasteiger partial charge is 0.227 e. The maximum absolute atomic E-state index is 6.20. The van der Waals surface area contributed by atoms with Gasteiger partial charge in [-0.3, -0.25) is 0 Å². The first kappa shape index (κ1) is 15.6. The van der Waals surface area contributed by atoms with Crippen molar-refractivity contribution in [1.29, 1.82) is 0 Å². The molecule has 1 aromatic heterocycles. The first-order valence-corrected chi connectivity index (χ1v) is 7.15. The normalized spacial score (nSPS) is 11.5. The van der Waals surface area contributed by atoms with Crippen LogP contribution in [-0.4, -0.2) is 9.97 Å². The predicted octanol–water partition coefficient (Wildman–Crippen LogP) is 4.42. The number of rotatable bonds is 2. The van der Waals surface area contributed by atoms with Gasteiger partial charge in [-0.05, 0) is 31.5 Å². The van der Waals surface area contributed by atoms with Gasteiger partial charge in [0.15, 0.2) is 0 Å². The zero-order valence-electron chi connectivity index (χ0n) is 13.0. The topological polar surface area (TPSA) is 61.0 Å². The Hall–Kier alpha value is -1.81. The average Bonchev–Trinajstić information content (AvgIpc) is 2.36. The fraction of sp³-hybridized carbons (Fsp3) is 0.375. The molecule has 21 heavy (non-hydrogen) atoms. The van der Waals surface area contributed by atoms with Crippen LogP contribution >= 0.6 is 11.6 Å². The predicted molar refractivity (Wildman–Crippen MR) is 86.1 cm³/mol. The summed E-state index contributed by atoms with van der Waals surface area (Å²) >= 11 is 6.20. The number of anilines is 1. The van der Waals surface area contributed by atoms with E-state index in [1.54, 1.807) is 0 Å². The molecular formula is C16H20ClN3O. The van der Waals surface area contributed by atoms with E-state index in [0.717, 1.165) is 5.56 Å². The van der Waals surface area contributed by atoms with Crippen LogP contribution in [0.4, 0.5) is 5.82 Å². The van der Waals surface area contributed by atoms with E-state index in [9.17, 15) is 0 Å². The third kappa shape index (κ3) is 3.45. The number of ether oxygens (including phenoxy) is 1. The Labute approximate surface area is 130 Å². The molecule has 1 aromatic carbocycles. The molecule has 0 bridgehead atoms. The van der Waals surface area contributed by atoms with Crippen molar-refractivity contribution in [3.8, 4) is 11.6 Å². The van der Waals surface area contributed by atoms with Gasteiger partial charge in [-0.15, -0.1) is 0 Å². The molecule has 1 heterocycles. The summed E-state index contributed by atoms with van der Waals surface area (Å²) in [5.74, 6) is 2.07. The van der Waals surface area contributed by atoms with E-state index in [1.165, 1.54) is 0 Å². The van der Waals surface area contributed by atoms with Crippen LogP contribution < -0.4 is 10.5 Å². The second kappa shape index (κ2) is 5.53. The number of benzene rings is 1. The summed E-state index contributed by atoms with van der Waals surface area (Å²) in [7, 11) is 0. The van der Waals surface area contributed by atoms with Gasteiger partial charge in [0.1, 0.15) is 17.4 Å². The van der Waals surface area contributed by atoms with E-state index in [0.29, 0.717) is 33.9 Å². The van der Waals surface area contributed by atoms with Crippen LogP contribution in [0.1, 0.15) is 37.7 Å². The summed E-state index contributed by atoms with van der Waals surface area (Å²) in [6, 6.07) is 5.61. The van der Waals surface area contributed by atoms with E-state index in [4.69, 9.17) is 22.1 Å².